The van der Waals surface area contributed by atoms with Crippen LogP contribution in [-0.2, 0) is 6.42 Å². The molecule has 0 saturated heterocycles. The lowest BCUT2D eigenvalue weighted by Gasteiger charge is -2.04. The zero-order chi connectivity index (χ0) is 13.1. The van der Waals surface area contributed by atoms with Gasteiger partial charge in [-0.15, -0.1) is 0 Å². The van der Waals surface area contributed by atoms with Crippen molar-refractivity contribution in [3.05, 3.63) is 52.8 Å². The molecule has 0 saturated carbocycles. The van der Waals surface area contributed by atoms with Gasteiger partial charge in [-0.3, -0.25) is 0 Å². The van der Waals surface area contributed by atoms with E-state index in [-0.39, 0.29) is 0 Å². The Hall–Kier alpha value is -2.29. The lowest BCUT2D eigenvalue weighted by molar-refractivity contribution is 1.04. The van der Waals surface area contributed by atoms with Crippen LogP contribution >= 0.6 is 0 Å². The van der Waals surface area contributed by atoms with Crippen LogP contribution in [0, 0.1) is 13.8 Å². The molecule has 2 heterocycles. The predicted octanol–water partition coefficient (Wildman–Crippen LogP) is 3.10. The van der Waals surface area contributed by atoms with E-state index in [2.05, 4.69) is 36.4 Å². The van der Waals surface area contributed by atoms with E-state index in [4.69, 9.17) is 10.7 Å². The van der Waals surface area contributed by atoms with Gasteiger partial charge in [0.25, 0.3) is 0 Å². The minimum atomic E-state index is 0.789. The number of hydrogen-bond donors (Lipinski definition) is 1. The molecule has 1 aliphatic carbocycles. The molecule has 0 spiro atoms. The van der Waals surface area contributed by atoms with Crippen molar-refractivity contribution in [3.8, 4) is 11.3 Å². The van der Waals surface area contributed by atoms with Crippen molar-refractivity contribution in [2.75, 3.05) is 5.73 Å². The van der Waals surface area contributed by atoms with Gasteiger partial charge in [0.15, 0.2) is 0 Å². The highest BCUT2D eigenvalue weighted by atomic mass is 15.0. The third-order valence-electron chi connectivity index (χ3n) is 3.90. The lowest BCUT2D eigenvalue weighted by Crippen LogP contribution is -1.97. The smallest absolute Gasteiger partial charge is 0.140 e. The summed E-state index contributed by atoms with van der Waals surface area (Å²) in [5, 5.41) is 0. The Morgan fingerprint density at radius 1 is 1.21 bits per heavy atom. The van der Waals surface area contributed by atoms with Gasteiger partial charge in [0.05, 0.1) is 11.4 Å². The van der Waals surface area contributed by atoms with Gasteiger partial charge >= 0.3 is 0 Å². The Kier molecular flexibility index (Phi) is 1.89. The second-order valence-corrected chi connectivity index (χ2v) is 5.39. The molecule has 2 aromatic heterocycles. The van der Waals surface area contributed by atoms with Gasteiger partial charge in [0, 0.05) is 23.9 Å². The fourth-order valence-electron chi connectivity index (χ4n) is 3.01. The lowest BCUT2D eigenvalue weighted by atomic mass is 10.1. The molecule has 2 N–H and O–H groups in total. The predicted molar refractivity (Wildman–Crippen MR) is 77.3 cm³/mol. The number of benzene rings is 1. The topological polar surface area (TPSA) is 43.3 Å². The number of nitrogens with zero attached hydrogens (tertiary/aromatic N) is 2. The van der Waals surface area contributed by atoms with E-state index in [1.54, 1.807) is 0 Å². The fourth-order valence-corrected chi connectivity index (χ4v) is 3.01. The van der Waals surface area contributed by atoms with E-state index >= 15 is 0 Å². The van der Waals surface area contributed by atoms with E-state index < -0.39 is 0 Å². The summed E-state index contributed by atoms with van der Waals surface area (Å²) >= 11 is 0. The first-order valence-corrected chi connectivity index (χ1v) is 6.50. The number of anilines is 1. The first kappa shape index (κ1) is 10.6. The molecule has 94 valence electrons. The Labute approximate surface area is 111 Å². The van der Waals surface area contributed by atoms with E-state index in [0.29, 0.717) is 0 Å². The van der Waals surface area contributed by atoms with Crippen LogP contribution in [0.5, 0.6) is 0 Å². The maximum atomic E-state index is 5.96. The van der Waals surface area contributed by atoms with Gasteiger partial charge in [0.1, 0.15) is 5.65 Å². The first-order valence-electron chi connectivity index (χ1n) is 6.50. The molecule has 0 aliphatic heterocycles. The number of nitrogens with two attached hydrogens (primary N) is 1. The van der Waals surface area contributed by atoms with E-state index in [1.165, 1.54) is 22.4 Å². The summed E-state index contributed by atoms with van der Waals surface area (Å²) in [7, 11) is 0. The average Bonchev–Trinajstić information content (AvgIpc) is 2.87. The largest absolute Gasteiger partial charge is 0.398 e. The Morgan fingerprint density at radius 3 is 2.89 bits per heavy atom. The zero-order valence-electron chi connectivity index (χ0n) is 11.1. The molecule has 3 nitrogen and oxygen atoms in total. The van der Waals surface area contributed by atoms with Gasteiger partial charge in [-0.25, -0.2) is 4.98 Å². The van der Waals surface area contributed by atoms with Crippen LogP contribution in [0.4, 0.5) is 5.69 Å². The number of fused-ring (bicyclic) bond motifs is 5. The Bertz CT molecular complexity index is 828. The minimum Gasteiger partial charge on any atom is -0.398 e. The van der Waals surface area contributed by atoms with Gasteiger partial charge in [0.2, 0.25) is 0 Å². The number of aromatic nitrogens is 2. The van der Waals surface area contributed by atoms with Crippen molar-refractivity contribution in [2.45, 2.75) is 20.3 Å². The summed E-state index contributed by atoms with van der Waals surface area (Å²) in [6.07, 6.45) is 2.92. The number of aryl methyl sites for hydroxylation is 2. The van der Waals surface area contributed by atoms with Crippen molar-refractivity contribution >= 4 is 11.3 Å². The van der Waals surface area contributed by atoms with Crippen LogP contribution in [0.2, 0.25) is 0 Å². The van der Waals surface area contributed by atoms with Crippen molar-refractivity contribution in [2.24, 2.45) is 0 Å². The van der Waals surface area contributed by atoms with Crippen LogP contribution in [0.1, 0.15) is 22.4 Å². The van der Waals surface area contributed by atoms with Crippen molar-refractivity contribution in [1.82, 2.24) is 9.38 Å². The van der Waals surface area contributed by atoms with Gasteiger partial charge in [-0.1, -0.05) is 17.7 Å². The number of rotatable bonds is 0. The normalized spacial score (nSPS) is 12.7. The van der Waals surface area contributed by atoms with Crippen LogP contribution < -0.4 is 5.73 Å². The molecule has 0 bridgehead atoms. The van der Waals surface area contributed by atoms with Gasteiger partial charge < -0.3 is 10.1 Å². The van der Waals surface area contributed by atoms with Crippen molar-refractivity contribution < 1.29 is 0 Å². The van der Waals surface area contributed by atoms with Crippen LogP contribution in [0.15, 0.2) is 30.5 Å². The van der Waals surface area contributed by atoms with E-state index in [9.17, 15) is 0 Å². The summed E-state index contributed by atoms with van der Waals surface area (Å²) in [6.45, 7) is 4.18. The quantitative estimate of drug-likeness (QED) is 0.520. The summed E-state index contributed by atoms with van der Waals surface area (Å²) in [6, 6.07) is 8.58. The number of pyridine rings is 1. The highest BCUT2D eigenvalue weighted by molar-refractivity contribution is 5.77. The Morgan fingerprint density at radius 2 is 2.05 bits per heavy atom. The number of hydrogen-bond acceptors (Lipinski definition) is 2. The molecular formula is C16H15N3. The van der Waals surface area contributed by atoms with Crippen LogP contribution in [0.25, 0.3) is 16.9 Å². The van der Waals surface area contributed by atoms with Crippen molar-refractivity contribution in [3.63, 3.8) is 0 Å². The highest BCUT2D eigenvalue weighted by Crippen LogP contribution is 2.37. The summed E-state index contributed by atoms with van der Waals surface area (Å²) in [5.74, 6) is 0. The molecule has 0 fully saturated rings. The molecular weight excluding hydrogens is 234 g/mol. The van der Waals surface area contributed by atoms with Crippen LogP contribution in [-0.4, -0.2) is 9.38 Å². The van der Waals surface area contributed by atoms with E-state index in [0.717, 1.165) is 29.0 Å². The second-order valence-electron chi connectivity index (χ2n) is 5.39. The molecule has 1 aliphatic rings. The number of nitrogen functional groups attached to an aromatic ring is 1. The summed E-state index contributed by atoms with van der Waals surface area (Å²) < 4.78 is 2.15. The SMILES string of the molecule is Cc1ccc2c(c1)-c1nc3c(C)cc(N)cn3c1C2. The van der Waals surface area contributed by atoms with E-state index in [1.807, 2.05) is 12.3 Å². The maximum Gasteiger partial charge on any atom is 0.140 e. The second kappa shape index (κ2) is 3.38. The average molecular weight is 249 g/mol. The molecule has 0 amide bonds. The third-order valence-corrected chi connectivity index (χ3v) is 3.90. The standard InChI is InChI=1S/C16H15N3/c1-9-3-4-11-7-14-15(13(11)5-9)18-16-10(2)6-12(17)8-19(14)16/h3-6,8H,7,17H2,1-2H3. The molecule has 0 unspecified atom stereocenters. The zero-order valence-corrected chi connectivity index (χ0v) is 11.1. The molecule has 19 heavy (non-hydrogen) atoms. The van der Waals surface area contributed by atoms with Gasteiger partial charge in [-0.05, 0) is 37.1 Å². The molecule has 3 aromatic rings. The molecule has 4 rings (SSSR count). The molecule has 3 heteroatoms. The molecule has 1 aromatic carbocycles. The van der Waals surface area contributed by atoms with Gasteiger partial charge in [-0.2, -0.15) is 0 Å². The fraction of sp³-hybridized carbons (Fsp3) is 0.188. The first-order chi connectivity index (χ1) is 9.13. The highest BCUT2D eigenvalue weighted by Gasteiger charge is 2.24. The monoisotopic (exact) mass is 249 g/mol. The van der Waals surface area contributed by atoms with Crippen LogP contribution in [0.3, 0.4) is 0 Å². The molecule has 0 atom stereocenters. The van der Waals surface area contributed by atoms with Crippen molar-refractivity contribution in [1.29, 1.82) is 0 Å². The third kappa shape index (κ3) is 1.35. The summed E-state index contributed by atoms with van der Waals surface area (Å²) in [5.41, 5.74) is 15.2. The summed E-state index contributed by atoms with van der Waals surface area (Å²) in [4.78, 5) is 4.82. The number of imidazole rings is 1. The molecule has 0 radical (unpaired) electrons. The minimum absolute atomic E-state index is 0.789. The maximum absolute atomic E-state index is 5.96. The Balaban J connectivity index is 2.08.